The number of nitrogens with zero attached hydrogens (tertiary/aromatic N) is 2. The molecule has 4 N–H and O–H groups in total. The molecule has 0 amide bonds. The fraction of sp³-hybridized carbons (Fsp3) is 0.364. The Labute approximate surface area is 194 Å². The van der Waals surface area contributed by atoms with Gasteiger partial charge in [0.2, 0.25) is 0 Å². The molecule has 0 saturated carbocycles. The van der Waals surface area contributed by atoms with E-state index in [1.807, 2.05) is 24.4 Å². The van der Waals surface area contributed by atoms with Gasteiger partial charge in [-0.05, 0) is 62.1 Å². The van der Waals surface area contributed by atoms with Gasteiger partial charge in [0.15, 0.2) is 5.96 Å². The number of aliphatic imine (C=N–C) groups is 1. The van der Waals surface area contributed by atoms with Gasteiger partial charge in [-0.2, -0.15) is 0 Å². The lowest BCUT2D eigenvalue weighted by atomic mass is 10.1. The van der Waals surface area contributed by atoms with E-state index < -0.39 is 0 Å². The summed E-state index contributed by atoms with van der Waals surface area (Å²) in [5, 5.41) is 10.9. The molecule has 0 spiro atoms. The Balaban J connectivity index is 0.00000320. The van der Waals surface area contributed by atoms with Crippen LogP contribution in [0.2, 0.25) is 0 Å². The van der Waals surface area contributed by atoms with Crippen LogP contribution >= 0.6 is 24.0 Å². The van der Waals surface area contributed by atoms with Gasteiger partial charge in [-0.1, -0.05) is 6.07 Å². The number of pyridine rings is 1. The standard InChI is InChI=1S/C22H29FN6.HI/c1-2-24-22(27-13-6-5-12-26-21-7-3-4-11-25-21)28-14-10-17-16-29-20-9-8-18(23)15-19(17)20;/h3-4,7-9,11,15-16,29H,2,5-6,10,12-14H2,1H3,(H,25,26)(H2,24,27,28);1H. The maximum atomic E-state index is 13.5. The summed E-state index contributed by atoms with van der Waals surface area (Å²) in [6.45, 7) is 5.24. The Hall–Kier alpha value is -2.36. The average molecular weight is 524 g/mol. The van der Waals surface area contributed by atoms with E-state index in [9.17, 15) is 4.39 Å². The molecule has 0 atom stereocenters. The molecule has 30 heavy (non-hydrogen) atoms. The molecule has 1 aromatic carbocycles. The molecular weight excluding hydrogens is 494 g/mol. The Kier molecular flexibility index (Phi) is 10.4. The topological polar surface area (TPSA) is 77.1 Å². The monoisotopic (exact) mass is 524 g/mol. The van der Waals surface area contributed by atoms with Crippen molar-refractivity contribution in [2.75, 3.05) is 31.5 Å². The van der Waals surface area contributed by atoms with Crippen molar-refractivity contribution in [1.82, 2.24) is 20.6 Å². The van der Waals surface area contributed by atoms with Gasteiger partial charge in [-0.15, -0.1) is 24.0 Å². The van der Waals surface area contributed by atoms with Crippen LogP contribution in [0.5, 0.6) is 0 Å². The highest BCUT2D eigenvalue weighted by Gasteiger charge is 2.05. The van der Waals surface area contributed by atoms with E-state index in [2.05, 4.69) is 37.8 Å². The summed E-state index contributed by atoms with van der Waals surface area (Å²) in [5.74, 6) is 1.51. The van der Waals surface area contributed by atoms with Crippen molar-refractivity contribution in [3.8, 4) is 0 Å². The van der Waals surface area contributed by atoms with Gasteiger partial charge in [0.25, 0.3) is 0 Å². The summed E-state index contributed by atoms with van der Waals surface area (Å²) in [5.41, 5.74) is 2.06. The van der Waals surface area contributed by atoms with Crippen molar-refractivity contribution in [1.29, 1.82) is 0 Å². The third kappa shape index (κ3) is 7.47. The molecule has 0 bridgehead atoms. The third-order valence-electron chi connectivity index (χ3n) is 4.59. The first kappa shape index (κ1) is 23.9. The van der Waals surface area contributed by atoms with E-state index >= 15 is 0 Å². The summed E-state index contributed by atoms with van der Waals surface area (Å²) in [6, 6.07) is 10.7. The van der Waals surface area contributed by atoms with Crippen molar-refractivity contribution >= 4 is 46.7 Å². The molecule has 2 heterocycles. The smallest absolute Gasteiger partial charge is 0.191 e. The molecule has 0 saturated heterocycles. The largest absolute Gasteiger partial charge is 0.370 e. The van der Waals surface area contributed by atoms with Gasteiger partial charge in [0.1, 0.15) is 11.6 Å². The predicted molar refractivity (Wildman–Crippen MR) is 133 cm³/mol. The first-order valence-corrected chi connectivity index (χ1v) is 10.2. The third-order valence-corrected chi connectivity index (χ3v) is 4.59. The van der Waals surface area contributed by atoms with Gasteiger partial charge in [-0.3, -0.25) is 4.99 Å². The van der Waals surface area contributed by atoms with Gasteiger partial charge in [-0.25, -0.2) is 9.37 Å². The minimum atomic E-state index is -0.209. The summed E-state index contributed by atoms with van der Waals surface area (Å²) in [4.78, 5) is 12.1. The first-order valence-electron chi connectivity index (χ1n) is 10.2. The zero-order valence-electron chi connectivity index (χ0n) is 17.2. The zero-order valence-corrected chi connectivity index (χ0v) is 19.6. The van der Waals surface area contributed by atoms with Crippen LogP contribution in [0.15, 0.2) is 53.8 Å². The molecule has 3 aromatic rings. The lowest BCUT2D eigenvalue weighted by Gasteiger charge is -2.11. The van der Waals surface area contributed by atoms with Crippen molar-refractivity contribution in [2.45, 2.75) is 26.2 Å². The van der Waals surface area contributed by atoms with Crippen LogP contribution in [0.3, 0.4) is 0 Å². The molecule has 0 aliphatic heterocycles. The highest BCUT2D eigenvalue weighted by Crippen LogP contribution is 2.19. The van der Waals surface area contributed by atoms with Crippen molar-refractivity contribution in [2.24, 2.45) is 4.99 Å². The summed E-state index contributed by atoms with van der Waals surface area (Å²) in [6.07, 6.45) is 6.55. The van der Waals surface area contributed by atoms with Crippen LogP contribution < -0.4 is 16.0 Å². The normalized spacial score (nSPS) is 11.2. The van der Waals surface area contributed by atoms with E-state index in [0.29, 0.717) is 0 Å². The Bertz CT molecular complexity index is 912. The molecule has 0 unspecified atom stereocenters. The van der Waals surface area contributed by atoms with Crippen LogP contribution in [0, 0.1) is 5.82 Å². The van der Waals surface area contributed by atoms with Gasteiger partial charge >= 0.3 is 0 Å². The Morgan fingerprint density at radius 2 is 2.03 bits per heavy atom. The Morgan fingerprint density at radius 3 is 2.83 bits per heavy atom. The molecule has 0 aliphatic rings. The second-order valence-corrected chi connectivity index (χ2v) is 6.79. The predicted octanol–water partition coefficient (Wildman–Crippen LogP) is 4.31. The maximum Gasteiger partial charge on any atom is 0.191 e. The maximum absolute atomic E-state index is 13.5. The molecular formula is C22H30FIN6. The molecule has 8 heteroatoms. The minimum Gasteiger partial charge on any atom is -0.370 e. The van der Waals surface area contributed by atoms with E-state index in [1.165, 1.54) is 6.07 Å². The van der Waals surface area contributed by atoms with E-state index in [4.69, 9.17) is 0 Å². The molecule has 3 rings (SSSR count). The van der Waals surface area contributed by atoms with Crippen LogP contribution in [0.1, 0.15) is 25.3 Å². The second-order valence-electron chi connectivity index (χ2n) is 6.79. The molecule has 162 valence electrons. The minimum absolute atomic E-state index is 0. The number of guanidine groups is 1. The van der Waals surface area contributed by atoms with E-state index in [0.717, 1.165) is 73.7 Å². The van der Waals surface area contributed by atoms with Gasteiger partial charge in [0, 0.05) is 49.5 Å². The molecule has 0 aliphatic carbocycles. The highest BCUT2D eigenvalue weighted by molar-refractivity contribution is 14.0. The number of H-pyrrole nitrogens is 1. The van der Waals surface area contributed by atoms with E-state index in [-0.39, 0.29) is 29.8 Å². The number of unbranched alkanes of at least 4 members (excludes halogenated alkanes) is 1. The number of aromatic amines is 1. The first-order chi connectivity index (χ1) is 14.3. The number of benzene rings is 1. The van der Waals surface area contributed by atoms with Crippen LogP contribution in [0.4, 0.5) is 10.2 Å². The molecule has 0 radical (unpaired) electrons. The molecule has 6 nitrogen and oxygen atoms in total. The SMILES string of the molecule is CCNC(=NCCCCNc1ccccn1)NCCc1c[nH]c2ccc(F)cc12.I. The number of fused-ring (bicyclic) bond motifs is 1. The number of rotatable bonds is 10. The van der Waals surface area contributed by atoms with Gasteiger partial charge in [0.05, 0.1) is 0 Å². The zero-order chi connectivity index (χ0) is 20.3. The number of hydrogen-bond acceptors (Lipinski definition) is 3. The fourth-order valence-corrected chi connectivity index (χ4v) is 3.13. The van der Waals surface area contributed by atoms with Crippen molar-refractivity contribution < 1.29 is 4.39 Å². The summed E-state index contributed by atoms with van der Waals surface area (Å²) < 4.78 is 13.5. The molecule has 0 fully saturated rings. The van der Waals surface area contributed by atoms with Crippen molar-refractivity contribution in [3.05, 3.63) is 60.2 Å². The second kappa shape index (κ2) is 13.0. The van der Waals surface area contributed by atoms with Crippen LogP contribution in [-0.4, -0.2) is 42.1 Å². The Morgan fingerprint density at radius 1 is 1.13 bits per heavy atom. The quantitative estimate of drug-likeness (QED) is 0.138. The summed E-state index contributed by atoms with van der Waals surface area (Å²) in [7, 11) is 0. The highest BCUT2D eigenvalue weighted by atomic mass is 127. The number of nitrogens with one attached hydrogen (secondary N) is 4. The number of hydrogen-bond donors (Lipinski definition) is 4. The number of anilines is 1. The lowest BCUT2D eigenvalue weighted by Crippen LogP contribution is -2.38. The fourth-order valence-electron chi connectivity index (χ4n) is 3.13. The van der Waals surface area contributed by atoms with Crippen LogP contribution in [0.25, 0.3) is 10.9 Å². The lowest BCUT2D eigenvalue weighted by molar-refractivity contribution is 0.629. The van der Waals surface area contributed by atoms with Gasteiger partial charge < -0.3 is 20.9 Å². The van der Waals surface area contributed by atoms with E-state index in [1.54, 1.807) is 18.3 Å². The average Bonchev–Trinajstić information content (AvgIpc) is 3.13. The number of halogens is 2. The van der Waals surface area contributed by atoms with Crippen LogP contribution in [-0.2, 0) is 6.42 Å². The summed E-state index contributed by atoms with van der Waals surface area (Å²) >= 11 is 0. The van der Waals surface area contributed by atoms with Crippen molar-refractivity contribution in [3.63, 3.8) is 0 Å². The molecule has 2 aromatic heterocycles. The number of aromatic nitrogens is 2.